The summed E-state index contributed by atoms with van der Waals surface area (Å²) in [4.78, 5) is 8.40. The van der Waals surface area contributed by atoms with Gasteiger partial charge in [-0.05, 0) is 24.3 Å². The van der Waals surface area contributed by atoms with Crippen molar-refractivity contribution in [2.75, 3.05) is 14.2 Å². The summed E-state index contributed by atoms with van der Waals surface area (Å²) in [5.74, 6) is 1.12. The number of nitrogens with zero attached hydrogens (tertiary/aromatic N) is 2. The monoisotopic (exact) mass is 375 g/mol. The molecule has 9 heteroatoms. The largest absolute Gasteiger partial charge is 0.497 e. The summed E-state index contributed by atoms with van der Waals surface area (Å²) in [6.07, 6.45) is 4.52. The molecule has 1 aromatic carbocycles. The lowest BCUT2D eigenvalue weighted by Gasteiger charge is -2.12. The number of aromatic nitrogens is 2. The predicted molar refractivity (Wildman–Crippen MR) is 93.3 cm³/mol. The van der Waals surface area contributed by atoms with Crippen LogP contribution in [0.2, 0.25) is 0 Å². The number of furan rings is 1. The first kappa shape index (κ1) is 17.9. The van der Waals surface area contributed by atoms with Crippen molar-refractivity contribution >= 4 is 10.0 Å². The van der Waals surface area contributed by atoms with Crippen LogP contribution in [0.4, 0.5) is 0 Å². The van der Waals surface area contributed by atoms with Gasteiger partial charge in [0.15, 0.2) is 5.76 Å². The zero-order chi connectivity index (χ0) is 18.6. The fraction of sp³-hybridized carbons (Fsp3) is 0.176. The molecule has 2 heterocycles. The molecule has 0 spiro atoms. The molecule has 0 saturated carbocycles. The Balaban J connectivity index is 1.89. The van der Waals surface area contributed by atoms with Gasteiger partial charge in [0.25, 0.3) is 0 Å². The van der Waals surface area contributed by atoms with E-state index in [1.807, 2.05) is 0 Å². The summed E-state index contributed by atoms with van der Waals surface area (Å²) in [5.41, 5.74) is 0.908. The highest BCUT2D eigenvalue weighted by molar-refractivity contribution is 7.89. The molecule has 0 aliphatic carbocycles. The molecule has 3 aromatic rings. The van der Waals surface area contributed by atoms with Crippen molar-refractivity contribution in [3.05, 3.63) is 54.7 Å². The SMILES string of the molecule is COc1ccc(OC)c(S(=O)(=O)NCc2nccnc2-c2ccco2)c1. The Morgan fingerprint density at radius 3 is 2.62 bits per heavy atom. The minimum Gasteiger partial charge on any atom is -0.497 e. The van der Waals surface area contributed by atoms with Gasteiger partial charge in [0, 0.05) is 18.5 Å². The van der Waals surface area contributed by atoms with Gasteiger partial charge in [-0.3, -0.25) is 4.98 Å². The van der Waals surface area contributed by atoms with E-state index in [1.165, 1.54) is 45.0 Å². The molecule has 0 unspecified atom stereocenters. The molecule has 26 heavy (non-hydrogen) atoms. The van der Waals surface area contributed by atoms with Gasteiger partial charge >= 0.3 is 0 Å². The highest BCUT2D eigenvalue weighted by Gasteiger charge is 2.21. The molecule has 0 fully saturated rings. The number of hydrogen-bond donors (Lipinski definition) is 1. The Hall–Kier alpha value is -2.91. The van der Waals surface area contributed by atoms with E-state index in [-0.39, 0.29) is 17.2 Å². The molecule has 0 atom stereocenters. The van der Waals surface area contributed by atoms with E-state index in [2.05, 4.69) is 14.7 Å². The molecule has 0 bridgehead atoms. The molecule has 3 rings (SSSR count). The van der Waals surface area contributed by atoms with E-state index in [0.29, 0.717) is 22.9 Å². The maximum atomic E-state index is 12.7. The third-order valence-corrected chi connectivity index (χ3v) is 5.04. The number of nitrogens with one attached hydrogen (secondary N) is 1. The van der Waals surface area contributed by atoms with Gasteiger partial charge in [-0.25, -0.2) is 18.1 Å². The average Bonchev–Trinajstić information content (AvgIpc) is 3.20. The highest BCUT2D eigenvalue weighted by Crippen LogP contribution is 2.28. The lowest BCUT2D eigenvalue weighted by atomic mass is 10.2. The van der Waals surface area contributed by atoms with E-state index in [0.717, 1.165) is 0 Å². The van der Waals surface area contributed by atoms with Crippen molar-refractivity contribution in [2.45, 2.75) is 11.4 Å². The molecule has 0 aliphatic rings. The quantitative estimate of drug-likeness (QED) is 0.675. The van der Waals surface area contributed by atoms with Crippen molar-refractivity contribution < 1.29 is 22.3 Å². The van der Waals surface area contributed by atoms with Crippen LogP contribution < -0.4 is 14.2 Å². The normalized spacial score (nSPS) is 11.3. The summed E-state index contributed by atoms with van der Waals surface area (Å²) in [6.45, 7) is -0.0629. The molecular formula is C17H17N3O5S. The summed E-state index contributed by atoms with van der Waals surface area (Å²) in [6, 6.07) is 8.00. The van der Waals surface area contributed by atoms with Gasteiger partial charge < -0.3 is 13.9 Å². The van der Waals surface area contributed by atoms with E-state index in [1.54, 1.807) is 18.2 Å². The predicted octanol–water partition coefficient (Wildman–Crippen LogP) is 2.23. The maximum absolute atomic E-state index is 12.7. The average molecular weight is 375 g/mol. The number of methoxy groups -OCH3 is 2. The summed E-state index contributed by atoms with van der Waals surface area (Å²) in [5, 5.41) is 0. The smallest absolute Gasteiger partial charge is 0.244 e. The zero-order valence-corrected chi connectivity index (χ0v) is 15.0. The first-order valence-electron chi connectivity index (χ1n) is 7.60. The third-order valence-electron chi connectivity index (χ3n) is 3.62. The van der Waals surface area contributed by atoms with Crippen LogP contribution >= 0.6 is 0 Å². The van der Waals surface area contributed by atoms with Gasteiger partial charge in [0.05, 0.1) is 32.7 Å². The Kier molecular flexibility index (Phi) is 5.19. The Bertz CT molecular complexity index is 987. The topological polar surface area (TPSA) is 104 Å². The van der Waals surface area contributed by atoms with Crippen LogP contribution in [0.15, 0.2) is 58.3 Å². The molecule has 2 aromatic heterocycles. The van der Waals surface area contributed by atoms with Gasteiger partial charge in [-0.2, -0.15) is 0 Å². The number of rotatable bonds is 7. The van der Waals surface area contributed by atoms with Gasteiger partial charge in [-0.15, -0.1) is 0 Å². The number of hydrogen-bond acceptors (Lipinski definition) is 7. The van der Waals surface area contributed by atoms with Crippen LogP contribution in [-0.2, 0) is 16.6 Å². The van der Waals surface area contributed by atoms with Crippen LogP contribution in [0.3, 0.4) is 0 Å². The molecular weight excluding hydrogens is 358 g/mol. The fourth-order valence-electron chi connectivity index (χ4n) is 2.35. The van der Waals surface area contributed by atoms with Crippen LogP contribution in [-0.4, -0.2) is 32.6 Å². The zero-order valence-electron chi connectivity index (χ0n) is 14.2. The van der Waals surface area contributed by atoms with Crippen molar-refractivity contribution in [1.29, 1.82) is 0 Å². The van der Waals surface area contributed by atoms with E-state index in [9.17, 15) is 8.42 Å². The molecule has 0 amide bonds. The fourth-order valence-corrected chi connectivity index (χ4v) is 3.52. The molecule has 8 nitrogen and oxygen atoms in total. The summed E-state index contributed by atoms with van der Waals surface area (Å²) in [7, 11) is -1.01. The third kappa shape index (κ3) is 3.68. The standard InChI is InChI=1S/C17H17N3O5S/c1-23-12-5-6-14(24-2)16(10-12)26(21,22)20-11-13-17(19-8-7-18-13)15-4-3-9-25-15/h3-10,20H,11H2,1-2H3. The van der Waals surface area contributed by atoms with Crippen molar-refractivity contribution in [3.8, 4) is 23.0 Å². The number of benzene rings is 1. The molecule has 0 aliphatic heterocycles. The van der Waals surface area contributed by atoms with Gasteiger partial charge in [0.2, 0.25) is 10.0 Å². The van der Waals surface area contributed by atoms with Gasteiger partial charge in [-0.1, -0.05) is 0 Å². The van der Waals surface area contributed by atoms with Crippen LogP contribution in [0.5, 0.6) is 11.5 Å². The Morgan fingerprint density at radius 2 is 1.92 bits per heavy atom. The first-order chi connectivity index (χ1) is 12.5. The van der Waals surface area contributed by atoms with E-state index in [4.69, 9.17) is 13.9 Å². The lowest BCUT2D eigenvalue weighted by Crippen LogP contribution is -2.24. The second kappa shape index (κ2) is 7.54. The Labute approximate surface area is 150 Å². The Morgan fingerprint density at radius 1 is 1.12 bits per heavy atom. The van der Waals surface area contributed by atoms with Crippen molar-refractivity contribution in [1.82, 2.24) is 14.7 Å². The molecule has 0 radical (unpaired) electrons. The maximum Gasteiger partial charge on any atom is 0.244 e. The van der Waals surface area contributed by atoms with Crippen LogP contribution in [0.1, 0.15) is 5.69 Å². The van der Waals surface area contributed by atoms with Crippen molar-refractivity contribution in [2.24, 2.45) is 0 Å². The number of ether oxygens (including phenoxy) is 2. The molecule has 0 saturated heterocycles. The molecule has 1 N–H and O–H groups in total. The summed E-state index contributed by atoms with van der Waals surface area (Å²) >= 11 is 0. The second-order valence-electron chi connectivity index (χ2n) is 5.17. The van der Waals surface area contributed by atoms with Gasteiger partial charge in [0.1, 0.15) is 22.1 Å². The highest BCUT2D eigenvalue weighted by atomic mass is 32.2. The molecule has 136 valence electrons. The first-order valence-corrected chi connectivity index (χ1v) is 9.09. The summed E-state index contributed by atoms with van der Waals surface area (Å²) < 4.78 is 43.6. The van der Waals surface area contributed by atoms with Crippen molar-refractivity contribution in [3.63, 3.8) is 0 Å². The van der Waals surface area contributed by atoms with Crippen LogP contribution in [0, 0.1) is 0 Å². The lowest BCUT2D eigenvalue weighted by molar-refractivity contribution is 0.392. The second-order valence-corrected chi connectivity index (χ2v) is 6.91. The van der Waals surface area contributed by atoms with E-state index < -0.39 is 10.0 Å². The van der Waals surface area contributed by atoms with E-state index >= 15 is 0 Å². The minimum atomic E-state index is -3.87. The minimum absolute atomic E-state index is 0.0252. The number of sulfonamides is 1. The van der Waals surface area contributed by atoms with Crippen LogP contribution in [0.25, 0.3) is 11.5 Å².